The summed E-state index contributed by atoms with van der Waals surface area (Å²) in [6, 6.07) is 8.67. The average molecular weight is 321 g/mol. The second-order valence-electron chi connectivity index (χ2n) is 6.61. The van der Waals surface area contributed by atoms with Gasteiger partial charge in [-0.2, -0.15) is 5.10 Å². The molecule has 0 spiro atoms. The topological polar surface area (TPSA) is 30.2 Å². The van der Waals surface area contributed by atoms with Crippen LogP contribution < -0.4 is 0 Å². The van der Waals surface area contributed by atoms with E-state index in [0.29, 0.717) is 5.92 Å². The van der Waals surface area contributed by atoms with E-state index in [1.54, 1.807) is 0 Å². The molecule has 0 amide bonds. The van der Waals surface area contributed by atoms with Crippen molar-refractivity contribution in [2.75, 3.05) is 0 Å². The van der Waals surface area contributed by atoms with Gasteiger partial charge in [0.25, 0.3) is 0 Å². The highest BCUT2D eigenvalue weighted by molar-refractivity contribution is 5.68. The van der Waals surface area contributed by atoms with Crippen LogP contribution in [0.25, 0.3) is 16.9 Å². The summed E-state index contributed by atoms with van der Waals surface area (Å²) < 4.78 is 2.06. The molecule has 3 rings (SSSR count). The molecule has 2 aromatic heterocycles. The third kappa shape index (κ3) is 2.72. The molecule has 0 aliphatic rings. The number of aryl methyl sites for hydroxylation is 3. The lowest BCUT2D eigenvalue weighted by Crippen LogP contribution is -2.00. The second-order valence-corrected chi connectivity index (χ2v) is 6.61. The molecule has 3 aromatic rings. The summed E-state index contributed by atoms with van der Waals surface area (Å²) in [7, 11) is 0. The van der Waals surface area contributed by atoms with Crippen molar-refractivity contribution in [3.8, 4) is 11.3 Å². The SMILES string of the molecule is CCc1nn2c(-c3ccc(C)cc3C)ccnc2c1C(CC)CC. The predicted molar refractivity (Wildman–Crippen MR) is 101 cm³/mol. The highest BCUT2D eigenvalue weighted by Gasteiger charge is 2.21. The van der Waals surface area contributed by atoms with Crippen LogP contribution in [0.1, 0.15) is 61.9 Å². The van der Waals surface area contributed by atoms with Crippen LogP contribution >= 0.6 is 0 Å². The maximum atomic E-state index is 4.94. The summed E-state index contributed by atoms with van der Waals surface area (Å²) in [5.41, 5.74) is 8.48. The first-order valence-corrected chi connectivity index (χ1v) is 9.04. The van der Waals surface area contributed by atoms with Gasteiger partial charge in [0.15, 0.2) is 5.65 Å². The highest BCUT2D eigenvalue weighted by atomic mass is 15.3. The third-order valence-electron chi connectivity index (χ3n) is 5.02. The molecule has 0 saturated heterocycles. The molecule has 2 heterocycles. The van der Waals surface area contributed by atoms with E-state index in [9.17, 15) is 0 Å². The van der Waals surface area contributed by atoms with E-state index >= 15 is 0 Å². The smallest absolute Gasteiger partial charge is 0.159 e. The number of hydrogen-bond donors (Lipinski definition) is 0. The van der Waals surface area contributed by atoms with Crippen LogP contribution in [0.5, 0.6) is 0 Å². The van der Waals surface area contributed by atoms with Gasteiger partial charge in [-0.1, -0.05) is 44.5 Å². The molecular formula is C21H27N3. The van der Waals surface area contributed by atoms with Crippen molar-refractivity contribution < 1.29 is 0 Å². The first kappa shape index (κ1) is 16.7. The summed E-state index contributed by atoms with van der Waals surface area (Å²) in [5.74, 6) is 0.527. The van der Waals surface area contributed by atoms with Gasteiger partial charge in [-0.25, -0.2) is 9.50 Å². The van der Waals surface area contributed by atoms with Crippen molar-refractivity contribution in [1.29, 1.82) is 0 Å². The number of hydrogen-bond acceptors (Lipinski definition) is 2. The summed E-state index contributed by atoms with van der Waals surface area (Å²) in [6.07, 6.45) is 5.12. The summed E-state index contributed by atoms with van der Waals surface area (Å²) in [6.45, 7) is 11.0. The maximum absolute atomic E-state index is 4.94. The van der Waals surface area contributed by atoms with Crippen molar-refractivity contribution in [2.24, 2.45) is 0 Å². The Balaban J connectivity index is 2.28. The minimum Gasteiger partial charge on any atom is -0.237 e. The van der Waals surface area contributed by atoms with Gasteiger partial charge in [0, 0.05) is 17.3 Å². The van der Waals surface area contributed by atoms with Crippen molar-refractivity contribution in [3.05, 3.63) is 52.8 Å². The highest BCUT2D eigenvalue weighted by Crippen LogP contribution is 2.32. The second kappa shape index (κ2) is 6.76. The minimum atomic E-state index is 0.527. The molecule has 0 N–H and O–H groups in total. The lowest BCUT2D eigenvalue weighted by Gasteiger charge is -2.13. The van der Waals surface area contributed by atoms with Crippen LogP contribution in [-0.2, 0) is 6.42 Å². The minimum absolute atomic E-state index is 0.527. The van der Waals surface area contributed by atoms with Crippen molar-refractivity contribution >= 4 is 5.65 Å². The molecule has 126 valence electrons. The van der Waals surface area contributed by atoms with E-state index < -0.39 is 0 Å². The third-order valence-corrected chi connectivity index (χ3v) is 5.02. The van der Waals surface area contributed by atoms with Crippen molar-refractivity contribution in [1.82, 2.24) is 14.6 Å². The number of nitrogens with zero attached hydrogens (tertiary/aromatic N) is 3. The van der Waals surface area contributed by atoms with Crippen LogP contribution in [0.4, 0.5) is 0 Å². The molecule has 3 heteroatoms. The molecule has 0 radical (unpaired) electrons. The van der Waals surface area contributed by atoms with Crippen LogP contribution in [0.3, 0.4) is 0 Å². The maximum Gasteiger partial charge on any atom is 0.159 e. The fourth-order valence-corrected chi connectivity index (χ4v) is 3.69. The molecule has 24 heavy (non-hydrogen) atoms. The molecule has 0 saturated carbocycles. The van der Waals surface area contributed by atoms with Crippen LogP contribution in [-0.4, -0.2) is 14.6 Å². The Morgan fingerprint density at radius 2 is 1.79 bits per heavy atom. The normalized spacial score (nSPS) is 11.6. The van der Waals surface area contributed by atoms with Gasteiger partial charge in [0.2, 0.25) is 0 Å². The quantitative estimate of drug-likeness (QED) is 0.623. The van der Waals surface area contributed by atoms with Gasteiger partial charge in [-0.3, -0.25) is 0 Å². The number of benzene rings is 1. The van der Waals surface area contributed by atoms with Gasteiger partial charge in [0.1, 0.15) is 0 Å². The molecule has 3 nitrogen and oxygen atoms in total. The number of aromatic nitrogens is 3. The Morgan fingerprint density at radius 3 is 2.42 bits per heavy atom. The van der Waals surface area contributed by atoms with Crippen molar-refractivity contribution in [2.45, 2.75) is 59.8 Å². The predicted octanol–water partition coefficient (Wildman–Crippen LogP) is 5.48. The van der Waals surface area contributed by atoms with E-state index in [2.05, 4.69) is 63.4 Å². The molecule has 0 unspecified atom stereocenters. The lowest BCUT2D eigenvalue weighted by molar-refractivity contribution is 0.638. The first-order valence-electron chi connectivity index (χ1n) is 9.04. The van der Waals surface area contributed by atoms with Gasteiger partial charge in [-0.15, -0.1) is 0 Å². The summed E-state index contributed by atoms with van der Waals surface area (Å²) >= 11 is 0. The fraction of sp³-hybridized carbons (Fsp3) is 0.429. The van der Waals surface area contributed by atoms with Gasteiger partial charge in [0.05, 0.1) is 11.4 Å². The largest absolute Gasteiger partial charge is 0.237 e. The molecule has 0 bridgehead atoms. The molecule has 0 aliphatic heterocycles. The van der Waals surface area contributed by atoms with Gasteiger partial charge in [-0.05, 0) is 50.7 Å². The average Bonchev–Trinajstić information content (AvgIpc) is 2.95. The zero-order valence-electron chi connectivity index (χ0n) is 15.4. The van der Waals surface area contributed by atoms with E-state index in [1.165, 1.54) is 27.9 Å². The van der Waals surface area contributed by atoms with Crippen LogP contribution in [0.2, 0.25) is 0 Å². The summed E-state index contributed by atoms with van der Waals surface area (Å²) in [5, 5.41) is 4.94. The standard InChI is InChI=1S/C21H27N3/c1-6-16(7-2)20-18(8-3)23-24-19(11-12-22-21(20)24)17-10-9-14(4)13-15(17)5/h9-13,16H,6-8H2,1-5H3. The van der Waals surface area contributed by atoms with Crippen LogP contribution in [0.15, 0.2) is 30.5 Å². The Morgan fingerprint density at radius 1 is 1.04 bits per heavy atom. The molecular weight excluding hydrogens is 294 g/mol. The molecule has 0 fully saturated rings. The molecule has 1 aromatic carbocycles. The zero-order valence-corrected chi connectivity index (χ0v) is 15.4. The van der Waals surface area contributed by atoms with E-state index in [0.717, 1.165) is 30.6 Å². The van der Waals surface area contributed by atoms with E-state index in [4.69, 9.17) is 10.1 Å². The Bertz CT molecular complexity index is 857. The Hall–Kier alpha value is -2.16. The van der Waals surface area contributed by atoms with Gasteiger partial charge < -0.3 is 0 Å². The fourth-order valence-electron chi connectivity index (χ4n) is 3.69. The van der Waals surface area contributed by atoms with Crippen molar-refractivity contribution in [3.63, 3.8) is 0 Å². The first-order chi connectivity index (χ1) is 11.6. The molecule has 0 aliphatic carbocycles. The van der Waals surface area contributed by atoms with E-state index in [-0.39, 0.29) is 0 Å². The zero-order chi connectivity index (χ0) is 17.3. The summed E-state index contributed by atoms with van der Waals surface area (Å²) in [4.78, 5) is 4.70. The Kier molecular flexibility index (Phi) is 4.70. The molecule has 0 atom stereocenters. The number of fused-ring (bicyclic) bond motifs is 1. The van der Waals surface area contributed by atoms with Crippen LogP contribution in [0, 0.1) is 13.8 Å². The Labute approximate surface area is 144 Å². The van der Waals surface area contributed by atoms with E-state index in [1.807, 2.05) is 6.20 Å². The monoisotopic (exact) mass is 321 g/mol. The number of rotatable bonds is 5. The lowest BCUT2D eigenvalue weighted by atomic mass is 9.93. The van der Waals surface area contributed by atoms with Gasteiger partial charge >= 0.3 is 0 Å².